The number of nitrogens with one attached hydrogen (secondary N) is 1. The van der Waals surface area contributed by atoms with E-state index in [4.69, 9.17) is 27.4 Å². The lowest BCUT2D eigenvalue weighted by Gasteiger charge is -2.29. The molecule has 1 fully saturated rings. The molecule has 0 saturated carbocycles. The van der Waals surface area contributed by atoms with Crippen molar-refractivity contribution in [3.05, 3.63) is 93.2 Å². The summed E-state index contributed by atoms with van der Waals surface area (Å²) in [5.74, 6) is -0.378. The zero-order valence-corrected chi connectivity index (χ0v) is 20.4. The number of hydrogen-bond acceptors (Lipinski definition) is 4. The van der Waals surface area contributed by atoms with Gasteiger partial charge in [-0.2, -0.15) is 13.2 Å². The van der Waals surface area contributed by atoms with Crippen LogP contribution < -0.4 is 9.62 Å². The van der Waals surface area contributed by atoms with Gasteiger partial charge in [-0.3, -0.25) is 18.3 Å². The van der Waals surface area contributed by atoms with E-state index in [1.807, 2.05) is 0 Å². The highest BCUT2D eigenvalue weighted by atomic mass is 35.5. The van der Waals surface area contributed by atoms with Crippen LogP contribution in [0.3, 0.4) is 0 Å². The van der Waals surface area contributed by atoms with Gasteiger partial charge in [-0.15, -0.1) is 0 Å². The topological polar surface area (TPSA) is 71.5 Å². The first-order chi connectivity index (χ1) is 16.5. The molecule has 35 heavy (non-hydrogen) atoms. The molecule has 2 atom stereocenters. The molecule has 1 N–H and O–H groups in total. The van der Waals surface area contributed by atoms with Crippen LogP contribution >= 0.6 is 23.2 Å². The molecule has 0 bridgehead atoms. The van der Waals surface area contributed by atoms with Crippen LogP contribution in [-0.4, -0.2) is 27.8 Å². The minimum Gasteiger partial charge on any atom is -0.346 e. The fraction of sp³-hybridized carbons (Fsp3) is 0.217. The quantitative estimate of drug-likeness (QED) is 0.461. The summed E-state index contributed by atoms with van der Waals surface area (Å²) >= 11 is 9.37. The van der Waals surface area contributed by atoms with E-state index in [1.54, 1.807) is 31.3 Å². The van der Waals surface area contributed by atoms with E-state index < -0.39 is 29.6 Å². The number of pyridine rings is 1. The van der Waals surface area contributed by atoms with Crippen LogP contribution in [0.15, 0.2) is 60.8 Å². The largest absolute Gasteiger partial charge is 0.424 e. The number of anilines is 1. The lowest BCUT2D eigenvalue weighted by Crippen LogP contribution is -2.46. The summed E-state index contributed by atoms with van der Waals surface area (Å²) in [6, 6.07) is 13.1. The molecule has 1 amide bonds. The number of halogens is 5. The Balaban J connectivity index is 1.60. The first-order valence-electron chi connectivity index (χ1n) is 10.2. The van der Waals surface area contributed by atoms with Crippen LogP contribution in [-0.2, 0) is 27.6 Å². The van der Waals surface area contributed by atoms with Crippen molar-refractivity contribution < 1.29 is 26.4 Å². The van der Waals surface area contributed by atoms with Crippen molar-refractivity contribution in [2.45, 2.75) is 25.2 Å². The molecule has 0 aliphatic carbocycles. The average molecular weight is 544 g/mol. The smallest absolute Gasteiger partial charge is 0.346 e. The van der Waals surface area contributed by atoms with E-state index in [2.05, 4.69) is 10.3 Å². The molecule has 1 saturated heterocycles. The van der Waals surface area contributed by atoms with Gasteiger partial charge in [0.2, 0.25) is 5.60 Å². The number of hydrogen-bond donors (Lipinski definition) is 1. The van der Waals surface area contributed by atoms with E-state index in [0.29, 0.717) is 16.8 Å². The fourth-order valence-electron chi connectivity index (χ4n) is 3.68. The number of aromatic nitrogens is 1. The molecule has 1 aliphatic heterocycles. The number of carbonyl (C=O) groups is 1. The van der Waals surface area contributed by atoms with E-state index >= 15 is 0 Å². The van der Waals surface area contributed by atoms with Gasteiger partial charge in [0.15, 0.2) is 0 Å². The molecule has 2 aromatic carbocycles. The molecule has 6 nitrogen and oxygen atoms in total. The SMILES string of the molecule is Cc1cc(N2CC(c3cc(Cl)cc(Cl)c3)(C(F)(F)F)OS2=O)ccc1C(=O)NCc1ccccn1. The van der Waals surface area contributed by atoms with Crippen molar-refractivity contribution >= 4 is 46.1 Å². The summed E-state index contributed by atoms with van der Waals surface area (Å²) in [5.41, 5.74) is -1.61. The molecule has 0 radical (unpaired) electrons. The Morgan fingerprint density at radius 3 is 2.49 bits per heavy atom. The summed E-state index contributed by atoms with van der Waals surface area (Å²) in [4.78, 5) is 16.7. The molecule has 1 aliphatic rings. The van der Waals surface area contributed by atoms with Crippen LogP contribution in [0.5, 0.6) is 0 Å². The highest BCUT2D eigenvalue weighted by molar-refractivity contribution is 7.82. The minimum atomic E-state index is -4.92. The van der Waals surface area contributed by atoms with Gasteiger partial charge in [0.05, 0.1) is 24.5 Å². The molecule has 184 valence electrons. The summed E-state index contributed by atoms with van der Waals surface area (Å²) in [7, 11) is 0. The third-order valence-electron chi connectivity index (χ3n) is 5.45. The molecule has 3 aromatic rings. The number of amides is 1. The van der Waals surface area contributed by atoms with Gasteiger partial charge in [0, 0.05) is 21.8 Å². The standard InChI is InChI=1S/C23H18Cl2F3N3O3S/c1-14-8-19(5-6-20(14)21(32)30-12-18-4-2-3-7-29-18)31-13-22(23(26,27)28,34-35(31)33)15-9-16(24)11-17(25)10-15/h2-11H,12-13H2,1H3,(H,30,32). The van der Waals surface area contributed by atoms with Gasteiger partial charge >= 0.3 is 6.18 Å². The van der Waals surface area contributed by atoms with Crippen molar-refractivity contribution in [3.8, 4) is 0 Å². The molecule has 2 unspecified atom stereocenters. The number of benzene rings is 2. The van der Waals surface area contributed by atoms with Crippen LogP contribution in [0.2, 0.25) is 10.0 Å². The predicted octanol–water partition coefficient (Wildman–Crippen LogP) is 5.50. The lowest BCUT2D eigenvalue weighted by atomic mass is 9.92. The van der Waals surface area contributed by atoms with Crippen LogP contribution in [0, 0.1) is 6.92 Å². The Hall–Kier alpha value is -2.66. The highest BCUT2D eigenvalue weighted by Crippen LogP contribution is 2.49. The van der Waals surface area contributed by atoms with Crippen LogP contribution in [0.4, 0.5) is 18.9 Å². The van der Waals surface area contributed by atoms with Gasteiger partial charge in [0.1, 0.15) is 0 Å². The Morgan fingerprint density at radius 1 is 1.17 bits per heavy atom. The van der Waals surface area contributed by atoms with Crippen molar-refractivity contribution in [2.24, 2.45) is 0 Å². The number of alkyl halides is 3. The second-order valence-electron chi connectivity index (χ2n) is 7.82. The molecule has 0 spiro atoms. The Bertz CT molecular complexity index is 1270. The minimum absolute atomic E-state index is 0.0131. The second kappa shape index (κ2) is 9.77. The molecule has 2 heterocycles. The van der Waals surface area contributed by atoms with E-state index in [-0.39, 0.29) is 33.7 Å². The predicted molar refractivity (Wildman–Crippen MR) is 127 cm³/mol. The summed E-state index contributed by atoms with van der Waals surface area (Å²) in [6.45, 7) is 1.04. The van der Waals surface area contributed by atoms with Gasteiger partial charge in [-0.25, -0.2) is 4.21 Å². The normalized spacial score (nSPS) is 20.2. The van der Waals surface area contributed by atoms with Gasteiger partial charge in [0.25, 0.3) is 17.2 Å². The van der Waals surface area contributed by atoms with Gasteiger partial charge in [-0.1, -0.05) is 29.3 Å². The zero-order valence-electron chi connectivity index (χ0n) is 18.1. The Kier molecular flexibility index (Phi) is 7.10. The average Bonchev–Trinajstić information content (AvgIpc) is 3.16. The van der Waals surface area contributed by atoms with E-state index in [1.165, 1.54) is 24.3 Å². The van der Waals surface area contributed by atoms with Gasteiger partial charge < -0.3 is 5.32 Å². The molecule has 12 heteroatoms. The fourth-order valence-corrected chi connectivity index (χ4v) is 5.35. The van der Waals surface area contributed by atoms with Gasteiger partial charge in [-0.05, 0) is 66.6 Å². The van der Waals surface area contributed by atoms with E-state index in [0.717, 1.165) is 16.4 Å². The maximum atomic E-state index is 14.3. The van der Waals surface area contributed by atoms with Crippen LogP contribution in [0.1, 0.15) is 27.2 Å². The van der Waals surface area contributed by atoms with Crippen molar-refractivity contribution in [3.63, 3.8) is 0 Å². The molecular weight excluding hydrogens is 526 g/mol. The van der Waals surface area contributed by atoms with Crippen molar-refractivity contribution in [1.29, 1.82) is 0 Å². The lowest BCUT2D eigenvalue weighted by molar-refractivity contribution is -0.242. The summed E-state index contributed by atoms with van der Waals surface area (Å²) in [5, 5.41) is 2.72. The summed E-state index contributed by atoms with van der Waals surface area (Å²) < 4.78 is 61.6. The number of carbonyl (C=O) groups excluding carboxylic acids is 1. The summed E-state index contributed by atoms with van der Waals surface area (Å²) in [6.07, 6.45) is -3.32. The second-order valence-corrected chi connectivity index (χ2v) is 9.74. The molecular formula is C23H18Cl2F3N3O3S. The van der Waals surface area contributed by atoms with Crippen LogP contribution in [0.25, 0.3) is 0 Å². The first-order valence-corrected chi connectivity index (χ1v) is 12.0. The monoisotopic (exact) mass is 543 g/mol. The third kappa shape index (κ3) is 5.16. The van der Waals surface area contributed by atoms with Crippen molar-refractivity contribution in [2.75, 3.05) is 10.8 Å². The Labute approximate surface area is 211 Å². The first kappa shape index (κ1) is 25.4. The zero-order chi connectivity index (χ0) is 25.4. The number of aryl methyl sites for hydroxylation is 1. The molecule has 1 aromatic heterocycles. The van der Waals surface area contributed by atoms with E-state index in [9.17, 15) is 22.2 Å². The maximum absolute atomic E-state index is 14.3. The number of nitrogens with zero attached hydrogens (tertiary/aromatic N) is 2. The highest BCUT2D eigenvalue weighted by Gasteiger charge is 2.64. The Morgan fingerprint density at radius 2 is 1.89 bits per heavy atom. The number of rotatable bonds is 5. The molecule has 4 rings (SSSR count). The van der Waals surface area contributed by atoms with Crippen molar-refractivity contribution in [1.82, 2.24) is 10.3 Å². The third-order valence-corrected chi connectivity index (χ3v) is 7.01. The maximum Gasteiger partial charge on any atom is 0.424 e.